The molecule has 8 heteroatoms. The number of carbonyl (C=O) groups excluding carboxylic acids is 2. The summed E-state index contributed by atoms with van der Waals surface area (Å²) in [6.45, 7) is 5.43. The van der Waals surface area contributed by atoms with Gasteiger partial charge >= 0.3 is 0 Å². The van der Waals surface area contributed by atoms with E-state index < -0.39 is 0 Å². The van der Waals surface area contributed by atoms with Gasteiger partial charge in [0, 0.05) is 30.9 Å². The fraction of sp³-hybridized carbons (Fsp3) is 0.414. The summed E-state index contributed by atoms with van der Waals surface area (Å²) in [5.41, 5.74) is 5.18. The highest BCUT2D eigenvalue weighted by Gasteiger charge is 2.39. The van der Waals surface area contributed by atoms with Gasteiger partial charge in [0.1, 0.15) is 23.1 Å². The molecule has 6 rings (SSSR count). The largest absolute Gasteiger partial charge is 0.486 e. The highest BCUT2D eigenvalue weighted by molar-refractivity contribution is 7.09. The summed E-state index contributed by atoms with van der Waals surface area (Å²) in [4.78, 5) is 34.3. The third kappa shape index (κ3) is 5.13. The van der Waals surface area contributed by atoms with E-state index in [4.69, 9.17) is 9.47 Å². The lowest BCUT2D eigenvalue weighted by molar-refractivity contribution is -0.134. The number of aromatic nitrogens is 1. The van der Waals surface area contributed by atoms with E-state index in [1.165, 1.54) is 22.5 Å². The first kappa shape index (κ1) is 24.1. The first-order valence-electron chi connectivity index (χ1n) is 13.0. The van der Waals surface area contributed by atoms with Crippen molar-refractivity contribution >= 4 is 23.2 Å². The van der Waals surface area contributed by atoms with E-state index in [9.17, 15) is 9.59 Å². The fourth-order valence-electron chi connectivity index (χ4n) is 5.14. The minimum atomic E-state index is -0.112. The molecule has 2 aromatic carbocycles. The zero-order valence-corrected chi connectivity index (χ0v) is 21.8. The molecular formula is C29H31N3O4S. The van der Waals surface area contributed by atoms with Crippen molar-refractivity contribution in [3.63, 3.8) is 0 Å². The number of amides is 2. The van der Waals surface area contributed by atoms with Crippen LogP contribution in [0.5, 0.6) is 5.75 Å². The van der Waals surface area contributed by atoms with Crippen LogP contribution in [-0.2, 0) is 22.6 Å². The molecule has 2 amide bonds. The number of aryl methyl sites for hydroxylation is 1. The third-order valence-electron chi connectivity index (χ3n) is 7.38. The number of hydrogen-bond donors (Lipinski definition) is 0. The maximum Gasteiger partial charge on any atom is 0.273 e. The Morgan fingerprint density at radius 1 is 1.08 bits per heavy atom. The highest BCUT2D eigenvalue weighted by Crippen LogP contribution is 2.41. The molecule has 7 nitrogen and oxygen atoms in total. The number of rotatable bonds is 6. The second-order valence-electron chi connectivity index (χ2n) is 10.0. The van der Waals surface area contributed by atoms with Gasteiger partial charge in [0.05, 0.1) is 19.3 Å². The number of thiazole rings is 1. The van der Waals surface area contributed by atoms with E-state index in [1.807, 2.05) is 6.07 Å². The molecule has 37 heavy (non-hydrogen) atoms. The number of hydrogen-bond acceptors (Lipinski definition) is 6. The van der Waals surface area contributed by atoms with Gasteiger partial charge in [-0.2, -0.15) is 0 Å². The van der Waals surface area contributed by atoms with Gasteiger partial charge in [-0.05, 0) is 55.0 Å². The van der Waals surface area contributed by atoms with Gasteiger partial charge in [-0.15, -0.1) is 11.3 Å². The quantitative estimate of drug-likeness (QED) is 0.485. The normalized spacial score (nSPS) is 19.4. The lowest BCUT2D eigenvalue weighted by Crippen LogP contribution is -2.41. The minimum Gasteiger partial charge on any atom is -0.486 e. The first-order chi connectivity index (χ1) is 18.1. The van der Waals surface area contributed by atoms with Crippen molar-refractivity contribution in [3.8, 4) is 5.75 Å². The van der Waals surface area contributed by atoms with Crippen LogP contribution in [0.1, 0.15) is 56.6 Å². The van der Waals surface area contributed by atoms with E-state index in [0.29, 0.717) is 38.6 Å². The number of morpholine rings is 1. The molecule has 0 unspecified atom stereocenters. The molecule has 3 aliphatic rings. The Kier molecular flexibility index (Phi) is 6.69. The monoisotopic (exact) mass is 517 g/mol. The molecular weight excluding hydrogens is 486 g/mol. The maximum absolute atomic E-state index is 13.2. The predicted octanol–water partition coefficient (Wildman–Crippen LogP) is 4.39. The average Bonchev–Trinajstić information content (AvgIpc) is 3.68. The zero-order valence-electron chi connectivity index (χ0n) is 21.0. The van der Waals surface area contributed by atoms with E-state index >= 15 is 0 Å². The van der Waals surface area contributed by atoms with Gasteiger partial charge in [0.25, 0.3) is 5.91 Å². The number of nitrogens with zero attached hydrogens (tertiary/aromatic N) is 3. The van der Waals surface area contributed by atoms with Crippen LogP contribution < -0.4 is 4.74 Å². The Labute approximate surface area is 221 Å². The molecule has 1 saturated carbocycles. The summed E-state index contributed by atoms with van der Waals surface area (Å²) in [7, 11) is 0. The van der Waals surface area contributed by atoms with Crippen molar-refractivity contribution in [1.82, 2.24) is 14.8 Å². The molecule has 0 spiro atoms. The van der Waals surface area contributed by atoms with Gasteiger partial charge < -0.3 is 19.3 Å². The summed E-state index contributed by atoms with van der Waals surface area (Å²) < 4.78 is 11.5. The Hall–Kier alpha value is -3.23. The second-order valence-corrected chi connectivity index (χ2v) is 11.0. The molecule has 1 aromatic heterocycles. The molecule has 1 atom stereocenters. The van der Waals surface area contributed by atoms with Gasteiger partial charge in [0.2, 0.25) is 5.91 Å². The van der Waals surface area contributed by atoms with Gasteiger partial charge in [-0.3, -0.25) is 9.59 Å². The Morgan fingerprint density at radius 2 is 1.86 bits per heavy atom. The summed E-state index contributed by atoms with van der Waals surface area (Å²) in [6.07, 6.45) is 2.83. The van der Waals surface area contributed by atoms with Crippen molar-refractivity contribution in [2.24, 2.45) is 5.92 Å². The number of benzene rings is 2. The topological polar surface area (TPSA) is 72.0 Å². The second kappa shape index (κ2) is 10.3. The van der Waals surface area contributed by atoms with E-state index in [1.54, 1.807) is 10.3 Å². The van der Waals surface area contributed by atoms with Crippen LogP contribution in [0.3, 0.4) is 0 Å². The SMILES string of the molecule is Cc1ccc([C@H]2c3cc(OCc4nc(C(=O)N5CCOCC5)cs4)ccc3CCN2C(=O)C2CC2)cc1. The summed E-state index contributed by atoms with van der Waals surface area (Å²) in [5, 5.41) is 2.56. The Morgan fingerprint density at radius 3 is 2.62 bits per heavy atom. The van der Waals surface area contributed by atoms with Crippen molar-refractivity contribution in [2.45, 2.75) is 38.8 Å². The van der Waals surface area contributed by atoms with Crippen molar-refractivity contribution < 1.29 is 19.1 Å². The van der Waals surface area contributed by atoms with E-state index in [-0.39, 0.29) is 23.8 Å². The molecule has 192 valence electrons. The molecule has 3 aromatic rings. The number of ether oxygens (including phenoxy) is 2. The van der Waals surface area contributed by atoms with Crippen LogP contribution in [0.2, 0.25) is 0 Å². The number of fused-ring (bicyclic) bond motifs is 1. The van der Waals surface area contributed by atoms with Crippen LogP contribution >= 0.6 is 11.3 Å². The van der Waals surface area contributed by atoms with Crippen LogP contribution in [0, 0.1) is 12.8 Å². The Balaban J connectivity index is 1.21. The molecule has 3 heterocycles. The highest BCUT2D eigenvalue weighted by atomic mass is 32.1. The average molecular weight is 518 g/mol. The molecule has 2 aliphatic heterocycles. The molecule has 0 radical (unpaired) electrons. The van der Waals surface area contributed by atoms with Gasteiger partial charge in [0.15, 0.2) is 0 Å². The lowest BCUT2D eigenvalue weighted by Gasteiger charge is -2.38. The van der Waals surface area contributed by atoms with Crippen LogP contribution in [0.25, 0.3) is 0 Å². The van der Waals surface area contributed by atoms with Crippen molar-refractivity contribution in [1.29, 1.82) is 0 Å². The van der Waals surface area contributed by atoms with Crippen LogP contribution in [-0.4, -0.2) is 59.4 Å². The molecule has 0 bridgehead atoms. The molecule has 1 aliphatic carbocycles. The summed E-state index contributed by atoms with van der Waals surface area (Å²) in [5.74, 6) is 1.13. The molecule has 1 saturated heterocycles. The Bertz CT molecular complexity index is 1290. The lowest BCUT2D eigenvalue weighted by atomic mass is 9.87. The van der Waals surface area contributed by atoms with Crippen LogP contribution in [0.4, 0.5) is 0 Å². The molecule has 2 fully saturated rings. The third-order valence-corrected chi connectivity index (χ3v) is 8.20. The zero-order chi connectivity index (χ0) is 25.4. The molecule has 0 N–H and O–H groups in total. The fourth-order valence-corrected chi connectivity index (χ4v) is 5.82. The standard InChI is InChI=1S/C29H31N3O4S/c1-19-2-4-21(5-3-19)27-24-16-23(9-8-20(24)10-11-32(27)28(33)22-6-7-22)36-17-26-30-25(18-37-26)29(34)31-12-14-35-15-13-31/h2-5,8-9,16,18,22,27H,6-7,10-15,17H2,1H3/t27-/m0/s1. The van der Waals surface area contributed by atoms with Gasteiger partial charge in [-0.25, -0.2) is 4.98 Å². The van der Waals surface area contributed by atoms with E-state index in [2.05, 4.69) is 53.2 Å². The van der Waals surface area contributed by atoms with Gasteiger partial charge in [-0.1, -0.05) is 35.9 Å². The minimum absolute atomic E-state index is 0.0547. The number of carbonyl (C=O) groups is 2. The maximum atomic E-state index is 13.2. The summed E-state index contributed by atoms with van der Waals surface area (Å²) >= 11 is 1.44. The smallest absolute Gasteiger partial charge is 0.273 e. The predicted molar refractivity (Wildman–Crippen MR) is 141 cm³/mol. The van der Waals surface area contributed by atoms with Crippen molar-refractivity contribution in [2.75, 3.05) is 32.8 Å². The summed E-state index contributed by atoms with van der Waals surface area (Å²) in [6, 6.07) is 14.6. The van der Waals surface area contributed by atoms with Crippen LogP contribution in [0.15, 0.2) is 47.8 Å². The van der Waals surface area contributed by atoms with Crippen molar-refractivity contribution in [3.05, 3.63) is 80.8 Å². The van der Waals surface area contributed by atoms with E-state index in [0.717, 1.165) is 47.7 Å². The first-order valence-corrected chi connectivity index (χ1v) is 13.9.